The number of hydrogen-bond acceptors (Lipinski definition) is 3. The Morgan fingerprint density at radius 3 is 2.58 bits per heavy atom. The predicted octanol–water partition coefficient (Wildman–Crippen LogP) is 0.991. The fraction of sp³-hybridized carbons (Fsp3) is 0.125. The summed E-state index contributed by atoms with van der Waals surface area (Å²) in [6.45, 7) is 5.11. The smallest absolute Gasteiger partial charge is 0.253 e. The lowest BCUT2D eigenvalue weighted by Crippen LogP contribution is -2.13. The van der Waals surface area contributed by atoms with Crippen molar-refractivity contribution in [1.29, 1.82) is 0 Å². The van der Waals surface area contributed by atoms with Gasteiger partial charge in [0.15, 0.2) is 0 Å². The molecule has 0 saturated heterocycles. The van der Waals surface area contributed by atoms with Gasteiger partial charge in [-0.15, -0.1) is 0 Å². The van der Waals surface area contributed by atoms with Crippen molar-refractivity contribution >= 4 is 11.9 Å². The molecular weight excluding hydrogens is 154 g/mol. The summed E-state index contributed by atoms with van der Waals surface area (Å²) in [7, 11) is 0. The average molecular weight is 163 g/mol. The molecule has 4 heteroatoms. The normalized spacial score (nSPS) is 9.08. The summed E-state index contributed by atoms with van der Waals surface area (Å²) in [6.07, 6.45) is 3.11. The Kier molecular flexibility index (Phi) is 2.53. The molecule has 0 unspecified atom stereocenters. The van der Waals surface area contributed by atoms with Gasteiger partial charge in [-0.1, -0.05) is 6.58 Å². The van der Waals surface area contributed by atoms with Gasteiger partial charge in [0.2, 0.25) is 5.95 Å². The van der Waals surface area contributed by atoms with Gasteiger partial charge in [0.05, 0.1) is 0 Å². The molecule has 0 aromatic carbocycles. The predicted molar refractivity (Wildman–Crippen MR) is 45.5 cm³/mol. The van der Waals surface area contributed by atoms with Crippen LogP contribution in [0, 0.1) is 0 Å². The van der Waals surface area contributed by atoms with E-state index in [0.29, 0.717) is 11.5 Å². The largest absolute Gasteiger partial charge is 0.291 e. The van der Waals surface area contributed by atoms with Crippen molar-refractivity contribution in [2.45, 2.75) is 6.92 Å². The van der Waals surface area contributed by atoms with Gasteiger partial charge in [0.1, 0.15) is 0 Å². The number of rotatable bonds is 2. The maximum atomic E-state index is 11.0. The van der Waals surface area contributed by atoms with E-state index in [1.54, 1.807) is 25.4 Å². The van der Waals surface area contributed by atoms with Gasteiger partial charge in [-0.2, -0.15) is 0 Å². The fourth-order valence-electron chi connectivity index (χ4n) is 0.572. The van der Waals surface area contributed by atoms with Crippen molar-refractivity contribution in [2.24, 2.45) is 0 Å². The molecule has 1 heterocycles. The zero-order valence-corrected chi connectivity index (χ0v) is 6.74. The highest BCUT2D eigenvalue weighted by Crippen LogP contribution is 1.97. The molecule has 12 heavy (non-hydrogen) atoms. The summed E-state index contributed by atoms with van der Waals surface area (Å²) >= 11 is 0. The number of aromatic nitrogens is 2. The van der Waals surface area contributed by atoms with E-state index in [0.717, 1.165) is 0 Å². The van der Waals surface area contributed by atoms with E-state index in [4.69, 9.17) is 0 Å². The fourth-order valence-corrected chi connectivity index (χ4v) is 0.572. The molecule has 1 aromatic rings. The van der Waals surface area contributed by atoms with Gasteiger partial charge in [-0.05, 0) is 13.0 Å². The van der Waals surface area contributed by atoms with Crippen LogP contribution in [0.25, 0.3) is 0 Å². The van der Waals surface area contributed by atoms with E-state index < -0.39 is 0 Å². The SMILES string of the molecule is C=C(C)C(=O)Nc1ncccn1. The molecule has 0 aliphatic carbocycles. The third kappa shape index (κ3) is 2.16. The summed E-state index contributed by atoms with van der Waals surface area (Å²) in [5, 5.41) is 2.48. The van der Waals surface area contributed by atoms with Crippen LogP contribution in [0.1, 0.15) is 6.92 Å². The molecule has 0 spiro atoms. The topological polar surface area (TPSA) is 54.9 Å². The number of carbonyl (C=O) groups excluding carboxylic acids is 1. The Hall–Kier alpha value is -1.71. The molecule has 0 aliphatic heterocycles. The number of hydrogen-bond donors (Lipinski definition) is 1. The summed E-state index contributed by atoms with van der Waals surface area (Å²) in [5.41, 5.74) is 0.433. The molecule has 1 aromatic heterocycles. The molecule has 1 rings (SSSR count). The summed E-state index contributed by atoms with van der Waals surface area (Å²) in [6, 6.07) is 1.68. The number of anilines is 1. The van der Waals surface area contributed by atoms with Crippen molar-refractivity contribution in [1.82, 2.24) is 9.97 Å². The maximum absolute atomic E-state index is 11.0. The lowest BCUT2D eigenvalue weighted by Gasteiger charge is -2.00. The zero-order valence-electron chi connectivity index (χ0n) is 6.74. The van der Waals surface area contributed by atoms with Gasteiger partial charge in [0, 0.05) is 18.0 Å². The third-order valence-electron chi connectivity index (χ3n) is 1.18. The van der Waals surface area contributed by atoms with Crippen LogP contribution in [0.3, 0.4) is 0 Å². The molecular formula is C8H9N3O. The number of nitrogens with zero attached hydrogens (tertiary/aromatic N) is 2. The highest BCUT2D eigenvalue weighted by molar-refractivity contribution is 6.01. The number of amides is 1. The molecule has 4 nitrogen and oxygen atoms in total. The van der Waals surface area contributed by atoms with Gasteiger partial charge in [-0.3, -0.25) is 10.1 Å². The number of carbonyl (C=O) groups is 1. The highest BCUT2D eigenvalue weighted by Gasteiger charge is 2.02. The summed E-state index contributed by atoms with van der Waals surface area (Å²) in [4.78, 5) is 18.7. The van der Waals surface area contributed by atoms with Crippen molar-refractivity contribution in [2.75, 3.05) is 5.32 Å². The standard InChI is InChI=1S/C8H9N3O/c1-6(2)7(12)11-8-9-4-3-5-10-8/h3-5H,1H2,2H3,(H,9,10,11,12). The van der Waals surface area contributed by atoms with Crippen LogP contribution in [0.2, 0.25) is 0 Å². The zero-order chi connectivity index (χ0) is 8.97. The van der Waals surface area contributed by atoms with E-state index in [9.17, 15) is 4.79 Å². The minimum absolute atomic E-state index is 0.263. The second-order valence-electron chi connectivity index (χ2n) is 2.31. The Morgan fingerprint density at radius 2 is 2.08 bits per heavy atom. The number of nitrogens with one attached hydrogen (secondary N) is 1. The third-order valence-corrected chi connectivity index (χ3v) is 1.18. The molecule has 0 fully saturated rings. The molecule has 0 bridgehead atoms. The lowest BCUT2D eigenvalue weighted by atomic mass is 10.3. The van der Waals surface area contributed by atoms with E-state index in [1.807, 2.05) is 0 Å². The molecule has 0 aliphatic rings. The summed E-state index contributed by atoms with van der Waals surface area (Å²) < 4.78 is 0. The quantitative estimate of drug-likeness (QED) is 0.661. The van der Waals surface area contributed by atoms with Crippen LogP contribution in [-0.4, -0.2) is 15.9 Å². The Labute approximate surface area is 70.4 Å². The first kappa shape index (κ1) is 8.39. The molecule has 1 amide bonds. The average Bonchev–Trinajstić information content (AvgIpc) is 2.06. The van der Waals surface area contributed by atoms with Crippen molar-refractivity contribution in [3.05, 3.63) is 30.6 Å². The van der Waals surface area contributed by atoms with Gasteiger partial charge in [-0.25, -0.2) is 9.97 Å². The second kappa shape index (κ2) is 3.61. The highest BCUT2D eigenvalue weighted by atomic mass is 16.1. The Balaban J connectivity index is 2.65. The van der Waals surface area contributed by atoms with E-state index in [-0.39, 0.29) is 5.91 Å². The van der Waals surface area contributed by atoms with Gasteiger partial charge < -0.3 is 0 Å². The molecule has 0 atom stereocenters. The monoisotopic (exact) mass is 163 g/mol. The van der Waals surface area contributed by atoms with Crippen molar-refractivity contribution in [3.8, 4) is 0 Å². The van der Waals surface area contributed by atoms with Crippen molar-refractivity contribution < 1.29 is 4.79 Å². The van der Waals surface area contributed by atoms with E-state index in [1.165, 1.54) is 0 Å². The first-order valence-electron chi connectivity index (χ1n) is 3.44. The lowest BCUT2D eigenvalue weighted by molar-refractivity contribution is -0.112. The molecule has 62 valence electrons. The van der Waals surface area contributed by atoms with E-state index in [2.05, 4.69) is 21.9 Å². The van der Waals surface area contributed by atoms with Gasteiger partial charge in [0.25, 0.3) is 5.91 Å². The van der Waals surface area contributed by atoms with E-state index >= 15 is 0 Å². The maximum Gasteiger partial charge on any atom is 0.253 e. The molecule has 0 radical (unpaired) electrons. The molecule has 0 saturated carbocycles. The van der Waals surface area contributed by atoms with Crippen LogP contribution in [0.15, 0.2) is 30.6 Å². The van der Waals surface area contributed by atoms with Crippen LogP contribution in [0.5, 0.6) is 0 Å². The van der Waals surface area contributed by atoms with Crippen LogP contribution in [0.4, 0.5) is 5.95 Å². The minimum Gasteiger partial charge on any atom is -0.291 e. The first-order chi connectivity index (χ1) is 5.70. The van der Waals surface area contributed by atoms with Crippen LogP contribution >= 0.6 is 0 Å². The Morgan fingerprint density at radius 1 is 1.50 bits per heavy atom. The second-order valence-corrected chi connectivity index (χ2v) is 2.31. The van der Waals surface area contributed by atoms with Crippen LogP contribution in [-0.2, 0) is 4.79 Å². The minimum atomic E-state index is -0.263. The molecule has 1 N–H and O–H groups in total. The first-order valence-corrected chi connectivity index (χ1v) is 3.44. The van der Waals surface area contributed by atoms with Crippen LogP contribution < -0.4 is 5.32 Å². The van der Waals surface area contributed by atoms with Crippen molar-refractivity contribution in [3.63, 3.8) is 0 Å². The van der Waals surface area contributed by atoms with Gasteiger partial charge >= 0.3 is 0 Å². The summed E-state index contributed by atoms with van der Waals surface area (Å²) in [5.74, 6) is 0.0340. The Bertz CT molecular complexity index is 294.